The Balaban J connectivity index is 2.50. The van der Waals surface area contributed by atoms with Crippen molar-refractivity contribution in [2.24, 2.45) is 5.73 Å². The lowest BCUT2D eigenvalue weighted by atomic mass is 10.0. The number of rotatable bonds is 2. The molecule has 0 bridgehead atoms. The van der Waals surface area contributed by atoms with Gasteiger partial charge in [0.2, 0.25) is 11.8 Å². The SMILES string of the molecule is N#CCC(=O)N1CCC1C(N)=O. The molecule has 0 aromatic rings. The smallest absolute Gasteiger partial charge is 0.240 e. The maximum Gasteiger partial charge on any atom is 0.240 e. The van der Waals surface area contributed by atoms with Crippen LogP contribution in [-0.4, -0.2) is 29.3 Å². The summed E-state index contributed by atoms with van der Waals surface area (Å²) >= 11 is 0. The molecule has 0 aliphatic carbocycles. The van der Waals surface area contributed by atoms with Crippen molar-refractivity contribution in [3.8, 4) is 6.07 Å². The number of carbonyl (C=O) groups excluding carboxylic acids is 2. The molecule has 2 amide bonds. The van der Waals surface area contributed by atoms with Crippen LogP contribution in [0.5, 0.6) is 0 Å². The summed E-state index contributed by atoms with van der Waals surface area (Å²) in [5, 5.41) is 8.22. The van der Waals surface area contributed by atoms with Gasteiger partial charge in [-0.25, -0.2) is 0 Å². The summed E-state index contributed by atoms with van der Waals surface area (Å²) in [6.07, 6.45) is 0.441. The Morgan fingerprint density at radius 1 is 1.67 bits per heavy atom. The van der Waals surface area contributed by atoms with Gasteiger partial charge in [-0.2, -0.15) is 5.26 Å². The molecule has 0 radical (unpaired) electrons. The van der Waals surface area contributed by atoms with Gasteiger partial charge in [-0.3, -0.25) is 9.59 Å². The number of likely N-dealkylation sites (tertiary alicyclic amines) is 1. The Morgan fingerprint density at radius 3 is 2.67 bits per heavy atom. The summed E-state index contributed by atoms with van der Waals surface area (Å²) in [5.41, 5.74) is 5.01. The van der Waals surface area contributed by atoms with E-state index in [4.69, 9.17) is 11.0 Å². The molecule has 12 heavy (non-hydrogen) atoms. The van der Waals surface area contributed by atoms with E-state index in [1.54, 1.807) is 6.07 Å². The van der Waals surface area contributed by atoms with Gasteiger partial charge < -0.3 is 10.6 Å². The minimum atomic E-state index is -0.493. The highest BCUT2D eigenvalue weighted by Gasteiger charge is 2.35. The topological polar surface area (TPSA) is 87.2 Å². The quantitative estimate of drug-likeness (QED) is 0.571. The third-order valence-electron chi connectivity index (χ3n) is 1.90. The Bertz CT molecular complexity index is 256. The molecule has 0 aromatic heterocycles. The lowest BCUT2D eigenvalue weighted by Crippen LogP contribution is -2.57. The summed E-state index contributed by atoms with van der Waals surface area (Å²) in [6.45, 7) is 0.536. The van der Waals surface area contributed by atoms with Crippen LogP contribution in [0.15, 0.2) is 0 Å². The molecular formula is C7H9N3O2. The van der Waals surface area contributed by atoms with E-state index >= 15 is 0 Å². The molecule has 1 aliphatic rings. The second-order valence-electron chi connectivity index (χ2n) is 2.63. The van der Waals surface area contributed by atoms with Gasteiger partial charge in [-0.15, -0.1) is 0 Å². The minimum Gasteiger partial charge on any atom is -0.368 e. The third-order valence-corrected chi connectivity index (χ3v) is 1.90. The van der Waals surface area contributed by atoms with E-state index in [-0.39, 0.29) is 12.3 Å². The van der Waals surface area contributed by atoms with E-state index < -0.39 is 11.9 Å². The molecule has 0 saturated carbocycles. The predicted molar refractivity (Wildman–Crippen MR) is 39.5 cm³/mol. The first-order valence-corrected chi connectivity index (χ1v) is 3.62. The first-order chi connectivity index (χ1) is 5.66. The summed E-state index contributed by atoms with van der Waals surface area (Å²) in [5.74, 6) is -0.805. The van der Waals surface area contributed by atoms with Gasteiger partial charge in [-0.05, 0) is 6.42 Å². The number of primary amides is 1. The fourth-order valence-corrected chi connectivity index (χ4v) is 1.15. The Labute approximate surface area is 69.7 Å². The molecule has 1 aliphatic heterocycles. The second-order valence-corrected chi connectivity index (χ2v) is 2.63. The largest absolute Gasteiger partial charge is 0.368 e. The summed E-state index contributed by atoms with van der Waals surface area (Å²) in [7, 11) is 0. The lowest BCUT2D eigenvalue weighted by Gasteiger charge is -2.38. The molecular weight excluding hydrogens is 158 g/mol. The monoisotopic (exact) mass is 167 g/mol. The normalized spacial score (nSPS) is 20.9. The molecule has 0 spiro atoms. The zero-order chi connectivity index (χ0) is 9.14. The average Bonchev–Trinajstić information content (AvgIpc) is 1.82. The van der Waals surface area contributed by atoms with Crippen molar-refractivity contribution in [3.05, 3.63) is 0 Å². The number of hydrogen-bond acceptors (Lipinski definition) is 3. The highest BCUT2D eigenvalue weighted by molar-refractivity contribution is 5.88. The van der Waals surface area contributed by atoms with E-state index in [1.165, 1.54) is 4.90 Å². The van der Waals surface area contributed by atoms with Crippen molar-refractivity contribution in [1.82, 2.24) is 4.90 Å². The molecule has 5 heteroatoms. The van der Waals surface area contributed by atoms with Crippen molar-refractivity contribution in [2.45, 2.75) is 18.9 Å². The molecule has 1 saturated heterocycles. The third kappa shape index (κ3) is 1.37. The summed E-state index contributed by atoms with van der Waals surface area (Å²) < 4.78 is 0. The van der Waals surface area contributed by atoms with Gasteiger partial charge in [0.05, 0.1) is 6.07 Å². The molecule has 1 heterocycles. The van der Waals surface area contributed by atoms with Crippen LogP contribution in [-0.2, 0) is 9.59 Å². The van der Waals surface area contributed by atoms with Crippen LogP contribution < -0.4 is 5.73 Å². The molecule has 0 aromatic carbocycles. The van der Waals surface area contributed by atoms with E-state index in [2.05, 4.69) is 0 Å². The van der Waals surface area contributed by atoms with Crippen molar-refractivity contribution < 1.29 is 9.59 Å². The van der Waals surface area contributed by atoms with Crippen LogP contribution in [0, 0.1) is 11.3 Å². The van der Waals surface area contributed by atoms with Crippen LogP contribution in [0.4, 0.5) is 0 Å². The van der Waals surface area contributed by atoms with Gasteiger partial charge in [0.1, 0.15) is 12.5 Å². The van der Waals surface area contributed by atoms with Gasteiger partial charge in [0.25, 0.3) is 0 Å². The van der Waals surface area contributed by atoms with Crippen LogP contribution in [0.25, 0.3) is 0 Å². The van der Waals surface area contributed by atoms with Crippen molar-refractivity contribution in [2.75, 3.05) is 6.54 Å². The first-order valence-electron chi connectivity index (χ1n) is 3.62. The number of nitriles is 1. The van der Waals surface area contributed by atoms with Crippen LogP contribution in [0.2, 0.25) is 0 Å². The zero-order valence-corrected chi connectivity index (χ0v) is 6.49. The van der Waals surface area contributed by atoms with Gasteiger partial charge >= 0.3 is 0 Å². The molecule has 1 atom stereocenters. The Morgan fingerprint density at radius 2 is 2.33 bits per heavy atom. The van der Waals surface area contributed by atoms with Crippen molar-refractivity contribution in [3.63, 3.8) is 0 Å². The maximum absolute atomic E-state index is 11.0. The molecule has 5 nitrogen and oxygen atoms in total. The number of carbonyl (C=O) groups is 2. The summed E-state index contributed by atoms with van der Waals surface area (Å²) in [6, 6.07) is 1.25. The zero-order valence-electron chi connectivity index (χ0n) is 6.49. The molecule has 2 N–H and O–H groups in total. The number of nitrogens with zero attached hydrogens (tertiary/aromatic N) is 2. The molecule has 1 fully saturated rings. The van der Waals surface area contributed by atoms with E-state index in [1.807, 2.05) is 0 Å². The average molecular weight is 167 g/mol. The first kappa shape index (κ1) is 8.53. The number of hydrogen-bond donors (Lipinski definition) is 1. The van der Waals surface area contributed by atoms with Crippen LogP contribution in [0.3, 0.4) is 0 Å². The standard InChI is InChI=1S/C7H9N3O2/c8-3-1-6(11)10-4-2-5(10)7(9)12/h5H,1-2,4H2,(H2,9,12). The highest BCUT2D eigenvalue weighted by atomic mass is 16.2. The molecule has 1 rings (SSSR count). The highest BCUT2D eigenvalue weighted by Crippen LogP contribution is 2.17. The van der Waals surface area contributed by atoms with E-state index in [0.717, 1.165) is 0 Å². The molecule has 1 unspecified atom stereocenters. The Kier molecular flexibility index (Phi) is 2.29. The fraction of sp³-hybridized carbons (Fsp3) is 0.571. The van der Waals surface area contributed by atoms with E-state index in [9.17, 15) is 9.59 Å². The second kappa shape index (κ2) is 3.22. The van der Waals surface area contributed by atoms with Gasteiger partial charge in [0, 0.05) is 6.54 Å². The number of nitrogens with two attached hydrogens (primary N) is 1. The molecule has 64 valence electrons. The Hall–Kier alpha value is -1.57. The fourth-order valence-electron chi connectivity index (χ4n) is 1.15. The number of amides is 2. The minimum absolute atomic E-state index is 0.177. The summed E-state index contributed by atoms with van der Waals surface area (Å²) in [4.78, 5) is 23.0. The van der Waals surface area contributed by atoms with Crippen molar-refractivity contribution in [1.29, 1.82) is 5.26 Å². The van der Waals surface area contributed by atoms with Crippen LogP contribution in [0.1, 0.15) is 12.8 Å². The van der Waals surface area contributed by atoms with Gasteiger partial charge in [0.15, 0.2) is 0 Å². The maximum atomic E-state index is 11.0. The van der Waals surface area contributed by atoms with E-state index in [0.29, 0.717) is 13.0 Å². The van der Waals surface area contributed by atoms with Gasteiger partial charge in [-0.1, -0.05) is 0 Å². The van der Waals surface area contributed by atoms with Crippen molar-refractivity contribution >= 4 is 11.8 Å². The van der Waals surface area contributed by atoms with Crippen LogP contribution >= 0.6 is 0 Å². The lowest BCUT2D eigenvalue weighted by molar-refractivity contribution is -0.145. The predicted octanol–water partition coefficient (Wildman–Crippen LogP) is -1.01.